The highest BCUT2D eigenvalue weighted by molar-refractivity contribution is 6.33. The van der Waals surface area contributed by atoms with E-state index < -0.39 is 35.0 Å². The molecule has 16 heteroatoms. The molecule has 0 bridgehead atoms. The van der Waals surface area contributed by atoms with E-state index in [1.807, 2.05) is 25.1 Å². The molecule has 0 atom stereocenters. The number of hydrogen-bond donors (Lipinski definition) is 2. The van der Waals surface area contributed by atoms with Gasteiger partial charge in [0.15, 0.2) is 11.6 Å². The molecule has 1 aromatic heterocycles. The summed E-state index contributed by atoms with van der Waals surface area (Å²) in [4.78, 5) is 42.5. The number of anilines is 1. The van der Waals surface area contributed by atoms with E-state index in [-0.39, 0.29) is 41.0 Å². The first-order valence-corrected chi connectivity index (χ1v) is 20.4. The van der Waals surface area contributed by atoms with Crippen LogP contribution in [0.3, 0.4) is 0 Å². The van der Waals surface area contributed by atoms with Crippen molar-refractivity contribution in [3.63, 3.8) is 0 Å². The molecule has 0 spiro atoms. The summed E-state index contributed by atoms with van der Waals surface area (Å²) in [5.41, 5.74) is 5.88. The Bertz CT molecular complexity index is 2130. The molecule has 2 N–H and O–H groups in total. The number of nitrogens with zero attached hydrogens (tertiary/aromatic N) is 5. The molecule has 0 radical (unpaired) electrons. The zero-order valence-corrected chi connectivity index (χ0v) is 36.2. The standard InChI is InChI=1S/C34H41ClF4N6O3.C10H13NO/c1-7-10-28-30-27(20-48-33(30,15-8-2)16-9-3)41-44(6)31(21-11-13-23(25(36)17-21)32(47)43(4)5)42-45(28)19-29(46)40-26-14-12-22(18-24(26)35)34(37,38)39;1-3-5-9-6-4-7-11-10(9)8(2)12/h10-14,17-18,41H,7-9,15-16,19-20H2,1-6H3,(H,40,46);4,6-7H,3,5H2,1-2H3/b28-10?,42-31-;. The number of Topliss-reactive ketones (excluding diaryl/α,β-unsaturated/α-hetero) is 1. The van der Waals surface area contributed by atoms with Crippen molar-refractivity contribution in [2.75, 3.05) is 39.6 Å². The molecular weight excluding hydrogens is 802 g/mol. The molecular formula is C44H54ClF4N7O4. The number of benzene rings is 2. The molecule has 2 aliphatic heterocycles. The second-order valence-corrected chi connectivity index (χ2v) is 15.1. The fourth-order valence-corrected chi connectivity index (χ4v) is 7.47. The largest absolute Gasteiger partial charge is 0.416 e. The van der Waals surface area contributed by atoms with Crippen molar-refractivity contribution >= 4 is 40.7 Å². The number of pyridine rings is 1. The summed E-state index contributed by atoms with van der Waals surface area (Å²) in [5.74, 6) is -1.56. The highest BCUT2D eigenvalue weighted by Gasteiger charge is 2.45. The molecule has 0 unspecified atom stereocenters. The second-order valence-electron chi connectivity index (χ2n) is 14.7. The van der Waals surface area contributed by atoms with Gasteiger partial charge in [-0.3, -0.25) is 34.8 Å². The Labute approximate surface area is 354 Å². The maximum atomic E-state index is 15.4. The van der Waals surface area contributed by atoms with Crippen LogP contribution < -0.4 is 10.7 Å². The number of ketones is 1. The number of hydrazine groups is 1. The summed E-state index contributed by atoms with van der Waals surface area (Å²) in [5, 5.41) is 10.3. The molecule has 3 aromatic rings. The van der Waals surface area contributed by atoms with E-state index in [9.17, 15) is 27.6 Å². The molecule has 0 saturated heterocycles. The summed E-state index contributed by atoms with van der Waals surface area (Å²) in [7, 11) is 4.76. The lowest BCUT2D eigenvalue weighted by molar-refractivity contribution is -0.137. The van der Waals surface area contributed by atoms with Crippen LogP contribution in [0.1, 0.15) is 111 Å². The van der Waals surface area contributed by atoms with Crippen molar-refractivity contribution in [2.45, 2.75) is 91.3 Å². The van der Waals surface area contributed by atoms with Crippen molar-refractivity contribution in [2.24, 2.45) is 5.10 Å². The van der Waals surface area contributed by atoms with Crippen LogP contribution in [-0.4, -0.2) is 83.2 Å². The number of hydrazone groups is 1. The van der Waals surface area contributed by atoms with Crippen LogP contribution in [0.15, 0.2) is 82.9 Å². The fraction of sp³-hybridized carbons (Fsp3) is 0.432. The molecule has 324 valence electrons. The van der Waals surface area contributed by atoms with Gasteiger partial charge in [0.1, 0.15) is 18.1 Å². The maximum Gasteiger partial charge on any atom is 0.416 e. The lowest BCUT2D eigenvalue weighted by atomic mass is 9.82. The number of ether oxygens (including phenoxy) is 1. The zero-order valence-electron chi connectivity index (χ0n) is 35.4. The summed E-state index contributed by atoms with van der Waals surface area (Å²) < 4.78 is 61.6. The first-order valence-electron chi connectivity index (χ1n) is 20.0. The minimum absolute atomic E-state index is 0.00403. The van der Waals surface area contributed by atoms with E-state index in [0.29, 0.717) is 36.2 Å². The Hall–Kier alpha value is -5.28. The Morgan fingerprint density at radius 2 is 1.73 bits per heavy atom. The monoisotopic (exact) mass is 855 g/mol. The Kier molecular flexibility index (Phi) is 16.4. The lowest BCUT2D eigenvalue weighted by Gasteiger charge is -2.37. The van der Waals surface area contributed by atoms with E-state index in [4.69, 9.17) is 21.4 Å². The van der Waals surface area contributed by atoms with Gasteiger partial charge in [0.25, 0.3) is 5.91 Å². The number of halogens is 5. The van der Waals surface area contributed by atoms with Gasteiger partial charge < -0.3 is 15.0 Å². The van der Waals surface area contributed by atoms with Gasteiger partial charge in [-0.25, -0.2) is 4.39 Å². The number of rotatable bonds is 13. The van der Waals surface area contributed by atoms with Crippen LogP contribution in [0.5, 0.6) is 0 Å². The molecule has 3 heterocycles. The van der Waals surface area contributed by atoms with Gasteiger partial charge in [-0.15, -0.1) is 0 Å². The van der Waals surface area contributed by atoms with Gasteiger partial charge >= 0.3 is 6.18 Å². The molecule has 0 fully saturated rings. The fourth-order valence-electron chi connectivity index (χ4n) is 7.24. The molecule has 5 rings (SSSR count). The second kappa shape index (κ2) is 20.8. The minimum atomic E-state index is -4.60. The number of allylic oxidation sites excluding steroid dienone is 1. The normalized spacial score (nSPS) is 16.5. The van der Waals surface area contributed by atoms with Crippen LogP contribution in [0, 0.1) is 5.82 Å². The number of alkyl halides is 3. The number of carbonyl (C=O) groups is 3. The van der Waals surface area contributed by atoms with E-state index in [1.165, 1.54) is 36.1 Å². The summed E-state index contributed by atoms with van der Waals surface area (Å²) in [6, 6.07) is 10.7. The Morgan fingerprint density at radius 1 is 1.03 bits per heavy atom. The molecule has 2 aliphatic rings. The van der Waals surface area contributed by atoms with Gasteiger partial charge in [0, 0.05) is 45.4 Å². The maximum absolute atomic E-state index is 15.4. The molecule has 2 aromatic carbocycles. The predicted molar refractivity (Wildman–Crippen MR) is 226 cm³/mol. The van der Waals surface area contributed by atoms with Crippen LogP contribution in [0.2, 0.25) is 5.02 Å². The van der Waals surface area contributed by atoms with E-state index in [2.05, 4.69) is 36.5 Å². The molecule has 60 heavy (non-hydrogen) atoms. The Morgan fingerprint density at radius 3 is 2.30 bits per heavy atom. The average Bonchev–Trinajstić information content (AvgIpc) is 3.51. The topological polar surface area (TPSA) is 119 Å². The van der Waals surface area contributed by atoms with Gasteiger partial charge in [0.05, 0.1) is 45.4 Å². The van der Waals surface area contributed by atoms with E-state index in [1.54, 1.807) is 31.2 Å². The third kappa shape index (κ3) is 11.3. The number of aromatic nitrogens is 1. The number of carbonyl (C=O) groups excluding carboxylic acids is 3. The van der Waals surface area contributed by atoms with Crippen LogP contribution in [-0.2, 0) is 22.1 Å². The van der Waals surface area contributed by atoms with Crippen LogP contribution in [0.25, 0.3) is 0 Å². The van der Waals surface area contributed by atoms with Crippen LogP contribution in [0.4, 0.5) is 23.2 Å². The minimum Gasteiger partial charge on any atom is -0.364 e. The quantitative estimate of drug-likeness (QED) is 0.129. The SMILES string of the molecule is CCC=C1C2=C(COC2(CCC)CCC)NN(C)/C(c2ccc(C(=O)N(C)C)c(F)c2)=N\N1CC(=O)Nc1ccc(C(F)(F)F)cc1Cl.CCCc1cccnc1C(C)=O. The smallest absolute Gasteiger partial charge is 0.364 e. The highest BCUT2D eigenvalue weighted by atomic mass is 35.5. The number of aryl methyl sites for hydroxylation is 1. The van der Waals surface area contributed by atoms with Gasteiger partial charge in [-0.1, -0.05) is 76.8 Å². The molecule has 11 nitrogen and oxygen atoms in total. The third-order valence-electron chi connectivity index (χ3n) is 9.80. The first-order chi connectivity index (χ1) is 28.4. The van der Waals surface area contributed by atoms with Gasteiger partial charge in [0.2, 0.25) is 5.91 Å². The van der Waals surface area contributed by atoms with Gasteiger partial charge in [-0.05, 0) is 67.6 Å². The number of hydrogen-bond acceptors (Lipinski definition) is 9. The van der Waals surface area contributed by atoms with Crippen molar-refractivity contribution in [3.8, 4) is 0 Å². The number of amides is 2. The van der Waals surface area contributed by atoms with E-state index in [0.717, 1.165) is 60.7 Å². The van der Waals surface area contributed by atoms with Gasteiger partial charge in [-0.2, -0.15) is 18.3 Å². The van der Waals surface area contributed by atoms with E-state index >= 15 is 4.39 Å². The predicted octanol–water partition coefficient (Wildman–Crippen LogP) is 9.41. The van der Waals surface area contributed by atoms with Crippen molar-refractivity contribution in [1.29, 1.82) is 0 Å². The number of amidine groups is 1. The van der Waals surface area contributed by atoms with Crippen LogP contribution >= 0.6 is 11.6 Å². The molecule has 0 aliphatic carbocycles. The highest BCUT2D eigenvalue weighted by Crippen LogP contribution is 2.44. The van der Waals surface area contributed by atoms with Crippen molar-refractivity contribution in [3.05, 3.63) is 117 Å². The molecule has 0 saturated carbocycles. The summed E-state index contributed by atoms with van der Waals surface area (Å²) >= 11 is 6.15. The summed E-state index contributed by atoms with van der Waals surface area (Å²) in [6.07, 6.45) is 4.61. The number of nitrogens with one attached hydrogen (secondary N) is 2. The third-order valence-corrected chi connectivity index (χ3v) is 10.1. The molecule has 2 amide bonds. The average molecular weight is 856 g/mol. The van der Waals surface area contributed by atoms with Crippen molar-refractivity contribution in [1.82, 2.24) is 25.3 Å². The Balaban J connectivity index is 0.000000567. The zero-order chi connectivity index (χ0) is 44.4. The summed E-state index contributed by atoms with van der Waals surface area (Å²) in [6.45, 7) is 9.62. The van der Waals surface area contributed by atoms with Crippen molar-refractivity contribution < 1.29 is 36.7 Å². The lowest BCUT2D eigenvalue weighted by Crippen LogP contribution is -2.45. The first kappa shape index (κ1) is 47.4.